The van der Waals surface area contributed by atoms with Crippen molar-refractivity contribution in [1.29, 1.82) is 0 Å². The Morgan fingerprint density at radius 3 is 2.55 bits per heavy atom. The number of anilines is 1. The first-order valence-corrected chi connectivity index (χ1v) is 8.03. The summed E-state index contributed by atoms with van der Waals surface area (Å²) in [5.74, 6) is 0. The lowest BCUT2D eigenvalue weighted by atomic mass is 10.0. The number of likely N-dealkylation sites (N-methyl/N-ethyl adjacent to an activating group) is 1. The van der Waals surface area contributed by atoms with Crippen LogP contribution in [0, 0.1) is 0 Å². The minimum atomic E-state index is 0.364. The van der Waals surface area contributed by atoms with Crippen molar-refractivity contribution in [2.45, 2.75) is 32.4 Å². The molecule has 0 fully saturated rings. The number of para-hydroxylation sites is 1. The fraction of sp³-hybridized carbons (Fsp3) is 0.412. The zero-order chi connectivity index (χ0) is 14.5. The van der Waals surface area contributed by atoms with Crippen LogP contribution < -0.4 is 10.2 Å². The molecule has 0 amide bonds. The van der Waals surface area contributed by atoms with E-state index in [0.717, 1.165) is 6.42 Å². The van der Waals surface area contributed by atoms with Crippen molar-refractivity contribution >= 4 is 17.0 Å². The number of rotatable bonds is 6. The van der Waals surface area contributed by atoms with E-state index < -0.39 is 0 Å². The topological polar surface area (TPSA) is 15.3 Å². The maximum atomic E-state index is 3.34. The minimum absolute atomic E-state index is 0.364. The van der Waals surface area contributed by atoms with Crippen LogP contribution in [0.5, 0.6) is 0 Å². The molecule has 0 aliphatic carbocycles. The molecule has 2 atom stereocenters. The fourth-order valence-electron chi connectivity index (χ4n) is 2.42. The molecule has 108 valence electrons. The predicted octanol–water partition coefficient (Wildman–Crippen LogP) is 4.10. The number of nitrogens with one attached hydrogen (secondary N) is 1. The summed E-state index contributed by atoms with van der Waals surface area (Å²) >= 11 is 1.84. The minimum Gasteiger partial charge on any atom is -0.371 e. The molecule has 1 heterocycles. The van der Waals surface area contributed by atoms with E-state index in [1.807, 2.05) is 18.4 Å². The molecule has 0 spiro atoms. The van der Waals surface area contributed by atoms with Crippen LogP contribution in [0.2, 0.25) is 0 Å². The highest BCUT2D eigenvalue weighted by molar-refractivity contribution is 7.09. The maximum Gasteiger partial charge on any atom is 0.0414 e. The zero-order valence-corrected chi connectivity index (χ0v) is 13.6. The monoisotopic (exact) mass is 288 g/mol. The van der Waals surface area contributed by atoms with E-state index in [9.17, 15) is 0 Å². The van der Waals surface area contributed by atoms with Crippen LogP contribution >= 0.6 is 11.3 Å². The highest BCUT2D eigenvalue weighted by atomic mass is 32.1. The standard InChI is InChI=1S/C17H24N2S/c1-13(12-15-8-7-11-20-15)19(4)17-10-6-5-9-16(17)14(2)18-3/h5-11,13-14,18H,12H2,1-4H3. The lowest BCUT2D eigenvalue weighted by molar-refractivity contribution is 0.636. The molecule has 1 N–H and O–H groups in total. The van der Waals surface area contributed by atoms with Gasteiger partial charge in [0.05, 0.1) is 0 Å². The summed E-state index contributed by atoms with van der Waals surface area (Å²) in [6.45, 7) is 4.50. The lowest BCUT2D eigenvalue weighted by Gasteiger charge is -2.30. The van der Waals surface area contributed by atoms with E-state index >= 15 is 0 Å². The SMILES string of the molecule is CNC(C)c1ccccc1N(C)C(C)Cc1cccs1. The van der Waals surface area contributed by atoms with Gasteiger partial charge >= 0.3 is 0 Å². The number of nitrogens with zero attached hydrogens (tertiary/aromatic N) is 1. The van der Waals surface area contributed by atoms with Gasteiger partial charge in [0.15, 0.2) is 0 Å². The zero-order valence-electron chi connectivity index (χ0n) is 12.8. The molecule has 0 aliphatic heterocycles. The van der Waals surface area contributed by atoms with E-state index in [2.05, 4.69) is 72.9 Å². The van der Waals surface area contributed by atoms with Crippen LogP contribution in [0.15, 0.2) is 41.8 Å². The van der Waals surface area contributed by atoms with Crippen molar-refractivity contribution in [3.63, 3.8) is 0 Å². The van der Waals surface area contributed by atoms with Gasteiger partial charge in [-0.15, -0.1) is 11.3 Å². The Balaban J connectivity index is 2.17. The van der Waals surface area contributed by atoms with Crippen molar-refractivity contribution in [2.24, 2.45) is 0 Å². The highest BCUT2D eigenvalue weighted by Gasteiger charge is 2.16. The molecule has 2 nitrogen and oxygen atoms in total. The van der Waals surface area contributed by atoms with E-state index in [4.69, 9.17) is 0 Å². The number of hydrogen-bond acceptors (Lipinski definition) is 3. The molecule has 0 bridgehead atoms. The molecule has 3 heteroatoms. The molecular weight excluding hydrogens is 264 g/mol. The number of benzene rings is 1. The molecule has 0 radical (unpaired) electrons. The van der Waals surface area contributed by atoms with E-state index in [1.54, 1.807) is 0 Å². The summed E-state index contributed by atoms with van der Waals surface area (Å²) in [6, 6.07) is 13.9. The Kier molecular flexibility index (Phi) is 5.21. The Bertz CT molecular complexity index is 522. The van der Waals surface area contributed by atoms with Crippen LogP contribution in [-0.4, -0.2) is 20.1 Å². The van der Waals surface area contributed by atoms with E-state index in [0.29, 0.717) is 12.1 Å². The molecule has 20 heavy (non-hydrogen) atoms. The van der Waals surface area contributed by atoms with Gasteiger partial charge in [-0.3, -0.25) is 0 Å². The highest BCUT2D eigenvalue weighted by Crippen LogP contribution is 2.27. The molecule has 2 unspecified atom stereocenters. The molecule has 0 saturated heterocycles. The molecule has 1 aromatic carbocycles. The van der Waals surface area contributed by atoms with E-state index in [1.165, 1.54) is 16.1 Å². The third-order valence-electron chi connectivity index (χ3n) is 3.95. The largest absolute Gasteiger partial charge is 0.371 e. The summed E-state index contributed by atoms with van der Waals surface area (Å²) in [6.07, 6.45) is 1.09. The van der Waals surface area contributed by atoms with Gasteiger partial charge in [0.2, 0.25) is 0 Å². The van der Waals surface area contributed by atoms with Gasteiger partial charge < -0.3 is 10.2 Å². The predicted molar refractivity (Wildman–Crippen MR) is 89.8 cm³/mol. The Morgan fingerprint density at radius 2 is 1.90 bits per heavy atom. The normalized spacial score (nSPS) is 14.0. The second-order valence-corrected chi connectivity index (χ2v) is 6.34. The molecule has 2 rings (SSSR count). The third kappa shape index (κ3) is 3.41. The van der Waals surface area contributed by atoms with Gasteiger partial charge in [-0.25, -0.2) is 0 Å². The third-order valence-corrected chi connectivity index (χ3v) is 4.85. The van der Waals surface area contributed by atoms with Crippen molar-refractivity contribution < 1.29 is 0 Å². The average molecular weight is 288 g/mol. The smallest absolute Gasteiger partial charge is 0.0414 e. The van der Waals surface area contributed by atoms with Gasteiger partial charge in [-0.2, -0.15) is 0 Å². The Hall–Kier alpha value is -1.32. The molecular formula is C17H24N2S. The van der Waals surface area contributed by atoms with Crippen LogP contribution in [0.4, 0.5) is 5.69 Å². The van der Waals surface area contributed by atoms with Gasteiger partial charge in [0, 0.05) is 36.1 Å². The van der Waals surface area contributed by atoms with Crippen molar-refractivity contribution in [2.75, 3.05) is 19.0 Å². The van der Waals surface area contributed by atoms with Gasteiger partial charge in [0.25, 0.3) is 0 Å². The Labute approximate surface area is 126 Å². The molecule has 2 aromatic rings. The fourth-order valence-corrected chi connectivity index (χ4v) is 3.25. The molecule has 0 saturated carbocycles. The van der Waals surface area contributed by atoms with E-state index in [-0.39, 0.29) is 0 Å². The summed E-state index contributed by atoms with van der Waals surface area (Å²) < 4.78 is 0. The first-order valence-electron chi connectivity index (χ1n) is 7.15. The Morgan fingerprint density at radius 1 is 1.15 bits per heavy atom. The van der Waals surface area contributed by atoms with Crippen LogP contribution in [0.1, 0.15) is 30.3 Å². The quantitative estimate of drug-likeness (QED) is 0.861. The maximum absolute atomic E-state index is 3.34. The number of hydrogen-bond donors (Lipinski definition) is 1. The summed E-state index contributed by atoms with van der Waals surface area (Å²) in [5, 5.41) is 5.49. The van der Waals surface area contributed by atoms with Crippen LogP contribution in [0.25, 0.3) is 0 Å². The van der Waals surface area contributed by atoms with Gasteiger partial charge in [-0.1, -0.05) is 24.3 Å². The van der Waals surface area contributed by atoms with Crippen LogP contribution in [-0.2, 0) is 6.42 Å². The summed E-state index contributed by atoms with van der Waals surface area (Å²) in [4.78, 5) is 3.84. The van der Waals surface area contributed by atoms with Crippen molar-refractivity contribution in [1.82, 2.24) is 5.32 Å². The first-order chi connectivity index (χ1) is 9.63. The summed E-state index contributed by atoms with van der Waals surface area (Å²) in [5.41, 5.74) is 2.67. The summed E-state index contributed by atoms with van der Waals surface area (Å²) in [7, 11) is 4.20. The van der Waals surface area contributed by atoms with Crippen molar-refractivity contribution in [3.8, 4) is 0 Å². The van der Waals surface area contributed by atoms with Crippen LogP contribution in [0.3, 0.4) is 0 Å². The van der Waals surface area contributed by atoms with Crippen molar-refractivity contribution in [3.05, 3.63) is 52.2 Å². The average Bonchev–Trinajstić information content (AvgIpc) is 2.98. The van der Waals surface area contributed by atoms with Gasteiger partial charge in [-0.05, 0) is 44.0 Å². The van der Waals surface area contributed by atoms with Gasteiger partial charge in [0.1, 0.15) is 0 Å². The number of thiophene rings is 1. The second kappa shape index (κ2) is 6.91. The molecule has 0 aliphatic rings. The lowest BCUT2D eigenvalue weighted by Crippen LogP contribution is -2.32. The molecule has 1 aromatic heterocycles. The first kappa shape index (κ1) is 15.1. The second-order valence-electron chi connectivity index (χ2n) is 5.31.